The van der Waals surface area contributed by atoms with Crippen LogP contribution in [0.25, 0.3) is 6.08 Å². The van der Waals surface area contributed by atoms with Crippen LogP contribution in [0.3, 0.4) is 0 Å². The Bertz CT molecular complexity index is 727. The highest BCUT2D eigenvalue weighted by Crippen LogP contribution is 2.27. The standard InChI is InChI=1S/C35H60O4/c1-4-7-9-11-13-15-17-19-21-23-29-38-33-27-25-32(26-28-35(36)37-6-3)34(31-33)39-30-24-22-20-18-16-14-12-10-8-5-2/h25-28,31H,4-24,29-30H2,1-3H3. The molecule has 39 heavy (non-hydrogen) atoms. The number of carbonyl (C=O) groups is 1. The fourth-order valence-corrected chi connectivity index (χ4v) is 4.77. The van der Waals surface area contributed by atoms with Crippen LogP contribution in [0, 0.1) is 0 Å². The number of esters is 1. The summed E-state index contributed by atoms with van der Waals surface area (Å²) in [5, 5.41) is 0. The minimum absolute atomic E-state index is 0.334. The molecule has 0 aromatic heterocycles. The first-order chi connectivity index (χ1) is 19.2. The molecule has 0 aliphatic heterocycles. The van der Waals surface area contributed by atoms with E-state index in [-0.39, 0.29) is 5.97 Å². The number of unbranched alkanes of at least 4 members (excludes halogenated alkanes) is 18. The van der Waals surface area contributed by atoms with Gasteiger partial charge in [0.1, 0.15) is 11.5 Å². The monoisotopic (exact) mass is 544 g/mol. The summed E-state index contributed by atoms with van der Waals surface area (Å²) in [6.45, 7) is 8.13. The van der Waals surface area contributed by atoms with Crippen LogP contribution >= 0.6 is 0 Å². The van der Waals surface area contributed by atoms with E-state index in [9.17, 15) is 4.79 Å². The van der Waals surface area contributed by atoms with Crippen LogP contribution in [0.4, 0.5) is 0 Å². The lowest BCUT2D eigenvalue weighted by Crippen LogP contribution is -2.02. The molecule has 0 saturated carbocycles. The molecule has 0 spiro atoms. The first kappa shape index (κ1) is 35.1. The minimum atomic E-state index is -0.334. The molecule has 4 nitrogen and oxygen atoms in total. The molecule has 1 aromatic carbocycles. The molecular weight excluding hydrogens is 484 g/mol. The Morgan fingerprint density at radius 2 is 1.08 bits per heavy atom. The summed E-state index contributed by atoms with van der Waals surface area (Å²) in [5.41, 5.74) is 0.876. The van der Waals surface area contributed by atoms with E-state index >= 15 is 0 Å². The highest BCUT2D eigenvalue weighted by Gasteiger charge is 2.06. The van der Waals surface area contributed by atoms with Crippen LogP contribution in [0.5, 0.6) is 11.5 Å². The summed E-state index contributed by atoms with van der Waals surface area (Å²) in [7, 11) is 0. The Morgan fingerprint density at radius 1 is 0.615 bits per heavy atom. The third-order valence-electron chi connectivity index (χ3n) is 7.19. The minimum Gasteiger partial charge on any atom is -0.493 e. The molecule has 0 bridgehead atoms. The summed E-state index contributed by atoms with van der Waals surface area (Å²) in [4.78, 5) is 11.8. The molecule has 0 aliphatic rings. The lowest BCUT2D eigenvalue weighted by atomic mass is 10.1. The predicted octanol–water partition coefficient (Wildman–Crippen LogP) is 10.9. The van der Waals surface area contributed by atoms with Gasteiger partial charge in [-0.3, -0.25) is 0 Å². The number of hydrogen-bond acceptors (Lipinski definition) is 4. The highest BCUT2D eigenvalue weighted by molar-refractivity contribution is 5.87. The topological polar surface area (TPSA) is 44.8 Å². The second kappa shape index (κ2) is 26.3. The molecule has 0 saturated heterocycles. The number of hydrogen-bond donors (Lipinski definition) is 0. The molecule has 0 amide bonds. The summed E-state index contributed by atoms with van der Waals surface area (Å²) in [5.74, 6) is 1.27. The fourth-order valence-electron chi connectivity index (χ4n) is 4.77. The summed E-state index contributed by atoms with van der Waals surface area (Å²) < 4.78 is 17.2. The van der Waals surface area contributed by atoms with Gasteiger partial charge in [0.15, 0.2) is 0 Å². The molecule has 1 aromatic rings. The SMILES string of the molecule is CCCCCCCCCCCCOc1ccc(C=CC(=O)OCC)c(OCCCCCCCCCCCC)c1. The Balaban J connectivity index is 2.38. The van der Waals surface area contributed by atoms with Crippen molar-refractivity contribution in [1.29, 1.82) is 0 Å². The highest BCUT2D eigenvalue weighted by atomic mass is 16.5. The fraction of sp³-hybridized carbons (Fsp3) is 0.743. The summed E-state index contributed by atoms with van der Waals surface area (Å²) in [6.07, 6.45) is 29.4. The van der Waals surface area contributed by atoms with Crippen molar-refractivity contribution in [3.63, 3.8) is 0 Å². The second-order valence-electron chi connectivity index (χ2n) is 10.8. The van der Waals surface area contributed by atoms with Crippen molar-refractivity contribution in [2.45, 2.75) is 149 Å². The first-order valence-corrected chi connectivity index (χ1v) is 16.5. The third kappa shape index (κ3) is 20.6. The normalized spacial score (nSPS) is 11.3. The average Bonchev–Trinajstić information content (AvgIpc) is 2.94. The van der Waals surface area contributed by atoms with E-state index in [1.807, 2.05) is 25.1 Å². The van der Waals surface area contributed by atoms with Gasteiger partial charge in [0.25, 0.3) is 0 Å². The van der Waals surface area contributed by atoms with Crippen molar-refractivity contribution in [3.05, 3.63) is 29.8 Å². The van der Waals surface area contributed by atoms with E-state index in [1.165, 1.54) is 122 Å². The van der Waals surface area contributed by atoms with E-state index in [0.717, 1.165) is 36.5 Å². The zero-order valence-corrected chi connectivity index (χ0v) is 25.8. The number of benzene rings is 1. The molecule has 1 rings (SSSR count). The largest absolute Gasteiger partial charge is 0.493 e. The summed E-state index contributed by atoms with van der Waals surface area (Å²) in [6, 6.07) is 5.91. The van der Waals surface area contributed by atoms with Crippen molar-refractivity contribution >= 4 is 12.0 Å². The van der Waals surface area contributed by atoms with E-state index in [4.69, 9.17) is 14.2 Å². The van der Waals surface area contributed by atoms with Crippen molar-refractivity contribution in [2.75, 3.05) is 19.8 Å². The van der Waals surface area contributed by atoms with E-state index in [2.05, 4.69) is 13.8 Å². The molecule has 0 heterocycles. The maximum atomic E-state index is 11.8. The van der Waals surface area contributed by atoms with Crippen LogP contribution in [-0.2, 0) is 9.53 Å². The second-order valence-corrected chi connectivity index (χ2v) is 10.8. The van der Waals surface area contributed by atoms with Gasteiger partial charge in [-0.25, -0.2) is 4.79 Å². The van der Waals surface area contributed by atoms with Gasteiger partial charge in [-0.15, -0.1) is 0 Å². The molecule has 224 valence electrons. The summed E-state index contributed by atoms with van der Waals surface area (Å²) >= 11 is 0. The van der Waals surface area contributed by atoms with Gasteiger partial charge in [0.05, 0.1) is 19.8 Å². The molecule has 4 heteroatoms. The lowest BCUT2D eigenvalue weighted by molar-refractivity contribution is -0.137. The maximum absolute atomic E-state index is 11.8. The lowest BCUT2D eigenvalue weighted by Gasteiger charge is -2.13. The molecule has 0 aliphatic carbocycles. The van der Waals surface area contributed by atoms with E-state index in [0.29, 0.717) is 13.2 Å². The molecule has 0 atom stereocenters. The molecule has 0 fully saturated rings. The number of rotatable bonds is 27. The van der Waals surface area contributed by atoms with Gasteiger partial charge in [-0.05, 0) is 38.0 Å². The smallest absolute Gasteiger partial charge is 0.330 e. The zero-order valence-electron chi connectivity index (χ0n) is 25.8. The van der Waals surface area contributed by atoms with Crippen molar-refractivity contribution in [3.8, 4) is 11.5 Å². The molecule has 0 radical (unpaired) electrons. The number of ether oxygens (including phenoxy) is 3. The van der Waals surface area contributed by atoms with E-state index < -0.39 is 0 Å². The molecule has 0 N–H and O–H groups in total. The van der Waals surface area contributed by atoms with Gasteiger partial charge in [0.2, 0.25) is 0 Å². The van der Waals surface area contributed by atoms with Crippen LogP contribution in [-0.4, -0.2) is 25.8 Å². The average molecular weight is 545 g/mol. The van der Waals surface area contributed by atoms with Crippen LogP contribution < -0.4 is 9.47 Å². The van der Waals surface area contributed by atoms with Gasteiger partial charge >= 0.3 is 5.97 Å². The zero-order chi connectivity index (χ0) is 28.2. The van der Waals surface area contributed by atoms with Gasteiger partial charge in [-0.1, -0.05) is 129 Å². The van der Waals surface area contributed by atoms with Crippen LogP contribution in [0.1, 0.15) is 155 Å². The van der Waals surface area contributed by atoms with Gasteiger partial charge in [-0.2, -0.15) is 0 Å². The quantitative estimate of drug-likeness (QED) is 0.0627. The molecular formula is C35H60O4. The first-order valence-electron chi connectivity index (χ1n) is 16.5. The van der Waals surface area contributed by atoms with Crippen molar-refractivity contribution in [2.24, 2.45) is 0 Å². The Kier molecular flexibility index (Phi) is 23.6. The third-order valence-corrected chi connectivity index (χ3v) is 7.19. The van der Waals surface area contributed by atoms with Crippen LogP contribution in [0.2, 0.25) is 0 Å². The Morgan fingerprint density at radius 3 is 1.56 bits per heavy atom. The van der Waals surface area contributed by atoms with Gasteiger partial charge in [0, 0.05) is 17.7 Å². The van der Waals surface area contributed by atoms with E-state index in [1.54, 1.807) is 6.08 Å². The van der Waals surface area contributed by atoms with Gasteiger partial charge < -0.3 is 14.2 Å². The van der Waals surface area contributed by atoms with Crippen molar-refractivity contribution < 1.29 is 19.0 Å². The number of carbonyl (C=O) groups excluding carboxylic acids is 1. The maximum Gasteiger partial charge on any atom is 0.330 e. The van der Waals surface area contributed by atoms with Crippen molar-refractivity contribution in [1.82, 2.24) is 0 Å². The Hall–Kier alpha value is -1.97. The van der Waals surface area contributed by atoms with Crippen LogP contribution in [0.15, 0.2) is 24.3 Å². The Labute approximate surface area is 241 Å². The molecule has 0 unspecified atom stereocenters. The predicted molar refractivity (Wildman–Crippen MR) is 167 cm³/mol.